The van der Waals surface area contributed by atoms with Crippen LogP contribution in [0.15, 0.2) is 0 Å². The van der Waals surface area contributed by atoms with E-state index in [9.17, 15) is 0 Å². The quantitative estimate of drug-likeness (QED) is 0.581. The van der Waals surface area contributed by atoms with E-state index in [0.29, 0.717) is 0 Å². The van der Waals surface area contributed by atoms with Crippen molar-refractivity contribution < 1.29 is 0 Å². The van der Waals surface area contributed by atoms with Gasteiger partial charge in [-0.25, -0.2) is 0 Å². The number of piperidine rings is 3. The van der Waals surface area contributed by atoms with Crippen LogP contribution in [0.5, 0.6) is 0 Å². The third kappa shape index (κ3) is 1.93. The second kappa shape index (κ2) is 4.04. The van der Waals surface area contributed by atoms with Gasteiger partial charge in [-0.15, -0.1) is 0 Å². The van der Waals surface area contributed by atoms with Crippen LogP contribution >= 0.6 is 0 Å². The Labute approximate surface area is 93.0 Å². The molecule has 1 unspecified atom stereocenters. The predicted octanol–water partition coefficient (Wildman–Crippen LogP) is 0.490. The lowest BCUT2D eigenvalue weighted by molar-refractivity contribution is -0.0101. The Kier molecular flexibility index (Phi) is 2.71. The van der Waals surface area contributed by atoms with Gasteiger partial charge in [0.05, 0.1) is 0 Å². The van der Waals surface area contributed by atoms with E-state index < -0.39 is 0 Å². The molecule has 4 heterocycles. The molecule has 0 amide bonds. The minimum absolute atomic E-state index is 0.862. The summed E-state index contributed by atoms with van der Waals surface area (Å²) in [6.45, 7) is 8.83. The topological polar surface area (TPSA) is 9.72 Å². The van der Waals surface area contributed by atoms with Gasteiger partial charge in [0.25, 0.3) is 0 Å². The Bertz CT molecular complexity index is 215. The van der Waals surface area contributed by atoms with E-state index in [0.717, 1.165) is 25.0 Å². The van der Waals surface area contributed by atoms with Crippen LogP contribution in [-0.4, -0.2) is 66.6 Å². The van der Waals surface area contributed by atoms with Gasteiger partial charge in [-0.1, -0.05) is 0 Å². The lowest BCUT2D eigenvalue weighted by Gasteiger charge is -2.51. The number of piperazine rings is 1. The molecule has 0 spiro atoms. The fourth-order valence-electron chi connectivity index (χ4n) is 3.44. The SMILES string of the molecule is [CH2-]N1CCN(C2CN3CCC2CC3)CC1. The second-order valence-electron chi connectivity index (χ2n) is 5.36. The van der Waals surface area contributed by atoms with Crippen LogP contribution in [0, 0.1) is 13.0 Å². The molecular weight excluding hydrogens is 186 g/mol. The van der Waals surface area contributed by atoms with Crippen molar-refractivity contribution in [1.29, 1.82) is 0 Å². The molecule has 0 radical (unpaired) electrons. The summed E-state index contributed by atoms with van der Waals surface area (Å²) in [7, 11) is 4.02. The van der Waals surface area contributed by atoms with Crippen molar-refractivity contribution in [3.63, 3.8) is 0 Å². The van der Waals surface area contributed by atoms with E-state index >= 15 is 0 Å². The summed E-state index contributed by atoms with van der Waals surface area (Å²) >= 11 is 0. The molecule has 4 aliphatic rings. The Morgan fingerprint density at radius 1 is 0.867 bits per heavy atom. The number of fused-ring (bicyclic) bond motifs is 3. The van der Waals surface area contributed by atoms with Crippen molar-refractivity contribution in [2.75, 3.05) is 45.8 Å². The average Bonchev–Trinajstić information content (AvgIpc) is 2.31. The van der Waals surface area contributed by atoms with E-state index in [-0.39, 0.29) is 0 Å². The van der Waals surface area contributed by atoms with Gasteiger partial charge in [0.2, 0.25) is 0 Å². The van der Waals surface area contributed by atoms with Crippen molar-refractivity contribution in [1.82, 2.24) is 14.7 Å². The molecule has 0 saturated carbocycles. The number of hydrogen-bond acceptors (Lipinski definition) is 3. The molecule has 3 nitrogen and oxygen atoms in total. The number of nitrogens with zero attached hydrogens (tertiary/aromatic N) is 3. The molecule has 4 saturated heterocycles. The predicted molar refractivity (Wildman–Crippen MR) is 61.5 cm³/mol. The van der Waals surface area contributed by atoms with Crippen LogP contribution in [-0.2, 0) is 0 Å². The van der Waals surface area contributed by atoms with Gasteiger partial charge in [-0.3, -0.25) is 11.9 Å². The molecule has 0 aromatic rings. The van der Waals surface area contributed by atoms with E-state index in [2.05, 4.69) is 21.7 Å². The van der Waals surface area contributed by atoms with Gasteiger partial charge in [0, 0.05) is 25.7 Å². The summed E-state index contributed by atoms with van der Waals surface area (Å²) in [6, 6.07) is 0.862. The average molecular weight is 208 g/mol. The number of hydrogen-bond donors (Lipinski definition) is 0. The summed E-state index contributed by atoms with van der Waals surface area (Å²) in [5.74, 6) is 0.992. The van der Waals surface area contributed by atoms with Crippen molar-refractivity contribution in [3.05, 3.63) is 7.05 Å². The van der Waals surface area contributed by atoms with Crippen LogP contribution in [0.1, 0.15) is 12.8 Å². The molecule has 15 heavy (non-hydrogen) atoms. The van der Waals surface area contributed by atoms with Gasteiger partial charge < -0.3 is 9.80 Å². The Morgan fingerprint density at radius 3 is 2.07 bits per heavy atom. The van der Waals surface area contributed by atoms with Crippen molar-refractivity contribution in [2.24, 2.45) is 5.92 Å². The zero-order valence-electron chi connectivity index (χ0n) is 9.57. The van der Waals surface area contributed by atoms with Crippen LogP contribution in [0.2, 0.25) is 0 Å². The molecule has 0 aliphatic carbocycles. The largest absolute Gasteiger partial charge is 0.457 e. The molecule has 4 fully saturated rings. The van der Waals surface area contributed by atoms with Gasteiger partial charge in [-0.05, 0) is 44.9 Å². The maximum absolute atomic E-state index is 4.02. The molecule has 3 heteroatoms. The van der Waals surface area contributed by atoms with Gasteiger partial charge in [0.15, 0.2) is 0 Å². The van der Waals surface area contributed by atoms with Crippen LogP contribution in [0.25, 0.3) is 0 Å². The molecule has 86 valence electrons. The third-order valence-corrected chi connectivity index (χ3v) is 4.50. The first-order valence-corrected chi connectivity index (χ1v) is 6.35. The first-order chi connectivity index (χ1) is 7.33. The maximum atomic E-state index is 4.02. The third-order valence-electron chi connectivity index (χ3n) is 4.50. The molecule has 4 rings (SSSR count). The zero-order chi connectivity index (χ0) is 10.3. The highest BCUT2D eigenvalue weighted by Crippen LogP contribution is 2.31. The highest BCUT2D eigenvalue weighted by Gasteiger charge is 2.37. The molecule has 0 aromatic carbocycles. The van der Waals surface area contributed by atoms with Crippen LogP contribution in [0.4, 0.5) is 0 Å². The smallest absolute Gasteiger partial charge is 0.0253 e. The number of rotatable bonds is 1. The Hall–Kier alpha value is -0.120. The maximum Gasteiger partial charge on any atom is 0.0253 e. The summed E-state index contributed by atoms with van der Waals surface area (Å²) < 4.78 is 0. The molecule has 4 aliphatic heterocycles. The minimum Gasteiger partial charge on any atom is -0.457 e. The lowest BCUT2D eigenvalue weighted by atomic mass is 9.83. The minimum atomic E-state index is 0.862. The van der Waals surface area contributed by atoms with Crippen molar-refractivity contribution in [3.8, 4) is 0 Å². The van der Waals surface area contributed by atoms with Gasteiger partial charge >= 0.3 is 0 Å². The summed E-state index contributed by atoms with van der Waals surface area (Å²) in [4.78, 5) is 7.58. The molecule has 1 atom stereocenters. The van der Waals surface area contributed by atoms with Crippen LogP contribution < -0.4 is 0 Å². The monoisotopic (exact) mass is 208 g/mol. The van der Waals surface area contributed by atoms with Crippen molar-refractivity contribution in [2.45, 2.75) is 18.9 Å². The normalized spacial score (nSPS) is 43.4. The highest BCUT2D eigenvalue weighted by molar-refractivity contribution is 4.93. The first kappa shape index (κ1) is 10.1. The van der Waals surface area contributed by atoms with Crippen molar-refractivity contribution >= 4 is 0 Å². The molecule has 0 N–H and O–H groups in total. The first-order valence-electron chi connectivity index (χ1n) is 6.35. The fourth-order valence-corrected chi connectivity index (χ4v) is 3.44. The van der Waals surface area contributed by atoms with E-state index in [4.69, 9.17) is 0 Å². The standard InChI is InChI=1S/C12H22N3/c1-13-6-8-15(9-7-13)12-10-14-4-2-11(12)3-5-14/h11-12H,1-10H2/q-1. The second-order valence-corrected chi connectivity index (χ2v) is 5.36. The summed E-state index contributed by atoms with van der Waals surface area (Å²) in [5, 5.41) is 0. The molecule has 0 aromatic heterocycles. The van der Waals surface area contributed by atoms with Gasteiger partial charge in [0.1, 0.15) is 0 Å². The van der Waals surface area contributed by atoms with E-state index in [1.807, 2.05) is 0 Å². The Balaban J connectivity index is 1.62. The molecule has 2 bridgehead atoms. The summed E-state index contributed by atoms with van der Waals surface area (Å²) in [5.41, 5.74) is 0. The Morgan fingerprint density at radius 2 is 1.53 bits per heavy atom. The molecular formula is C12H22N3-. The van der Waals surface area contributed by atoms with Crippen LogP contribution in [0.3, 0.4) is 0 Å². The van der Waals surface area contributed by atoms with E-state index in [1.165, 1.54) is 45.6 Å². The van der Waals surface area contributed by atoms with E-state index in [1.54, 1.807) is 0 Å². The lowest BCUT2D eigenvalue weighted by Crippen LogP contribution is -2.60. The highest BCUT2D eigenvalue weighted by atomic mass is 15.3. The zero-order valence-corrected chi connectivity index (χ0v) is 9.57. The summed E-state index contributed by atoms with van der Waals surface area (Å²) in [6.07, 6.45) is 2.88. The fraction of sp³-hybridized carbons (Fsp3) is 0.917. The van der Waals surface area contributed by atoms with Gasteiger partial charge in [-0.2, -0.15) is 0 Å².